The zero-order chi connectivity index (χ0) is 18.2. The molecule has 1 aliphatic rings. The van der Waals surface area contributed by atoms with Gasteiger partial charge in [-0.25, -0.2) is 4.79 Å². The predicted octanol–water partition coefficient (Wildman–Crippen LogP) is 3.26. The van der Waals surface area contributed by atoms with E-state index in [0.717, 1.165) is 31.5 Å². The standard InChI is InChI=1S/C20H31N3O2/c1-16(2)14-18(21-20(25)23-12-8-5-9-13-23)19(24)22(3)15-17-10-6-4-7-11-17/h4,6-7,10-11,16,18H,5,8-9,12-15H2,1-3H3,(H,21,25)/t18-/m1/s1. The lowest BCUT2D eigenvalue weighted by atomic mass is 10.0. The Kier molecular flexibility index (Phi) is 7.29. The summed E-state index contributed by atoms with van der Waals surface area (Å²) in [5.41, 5.74) is 1.09. The van der Waals surface area contributed by atoms with E-state index in [0.29, 0.717) is 18.9 Å². The highest BCUT2D eigenvalue weighted by Crippen LogP contribution is 2.13. The van der Waals surface area contributed by atoms with Gasteiger partial charge in [-0.2, -0.15) is 0 Å². The maximum absolute atomic E-state index is 12.9. The van der Waals surface area contributed by atoms with Crippen LogP contribution in [0.1, 0.15) is 45.1 Å². The van der Waals surface area contributed by atoms with E-state index >= 15 is 0 Å². The van der Waals surface area contributed by atoms with E-state index in [4.69, 9.17) is 0 Å². The maximum atomic E-state index is 12.9. The largest absolute Gasteiger partial charge is 0.340 e. The van der Waals surface area contributed by atoms with Gasteiger partial charge in [-0.3, -0.25) is 4.79 Å². The number of hydrogen-bond acceptors (Lipinski definition) is 2. The highest BCUT2D eigenvalue weighted by atomic mass is 16.2. The molecule has 0 aromatic heterocycles. The summed E-state index contributed by atoms with van der Waals surface area (Å²) in [5, 5.41) is 2.98. The molecule has 138 valence electrons. The second kappa shape index (κ2) is 9.44. The number of amides is 3. The minimum Gasteiger partial charge on any atom is -0.340 e. The number of nitrogens with zero attached hydrogens (tertiary/aromatic N) is 2. The third-order valence-electron chi connectivity index (χ3n) is 4.58. The van der Waals surface area contributed by atoms with E-state index < -0.39 is 6.04 Å². The van der Waals surface area contributed by atoms with Crippen molar-refractivity contribution in [1.29, 1.82) is 0 Å². The van der Waals surface area contributed by atoms with Crippen LogP contribution < -0.4 is 5.32 Å². The van der Waals surface area contributed by atoms with Crippen LogP contribution in [0.25, 0.3) is 0 Å². The van der Waals surface area contributed by atoms with E-state index in [9.17, 15) is 9.59 Å². The van der Waals surface area contributed by atoms with Gasteiger partial charge in [-0.1, -0.05) is 44.2 Å². The fourth-order valence-electron chi connectivity index (χ4n) is 3.23. The number of likely N-dealkylation sites (tertiary alicyclic amines) is 1. The molecule has 1 N–H and O–H groups in total. The summed E-state index contributed by atoms with van der Waals surface area (Å²) < 4.78 is 0. The number of carbonyl (C=O) groups excluding carboxylic acids is 2. The first-order valence-corrected chi connectivity index (χ1v) is 9.31. The van der Waals surface area contributed by atoms with Crippen molar-refractivity contribution in [2.24, 2.45) is 5.92 Å². The summed E-state index contributed by atoms with van der Waals surface area (Å²) >= 11 is 0. The number of hydrogen-bond donors (Lipinski definition) is 1. The topological polar surface area (TPSA) is 52.7 Å². The third kappa shape index (κ3) is 6.07. The molecular weight excluding hydrogens is 314 g/mol. The van der Waals surface area contributed by atoms with E-state index in [-0.39, 0.29) is 11.9 Å². The molecule has 0 bridgehead atoms. The third-order valence-corrected chi connectivity index (χ3v) is 4.58. The van der Waals surface area contributed by atoms with Crippen molar-refractivity contribution in [3.63, 3.8) is 0 Å². The fraction of sp³-hybridized carbons (Fsp3) is 0.600. The minimum atomic E-state index is -0.469. The van der Waals surface area contributed by atoms with Crippen molar-refractivity contribution in [2.75, 3.05) is 20.1 Å². The van der Waals surface area contributed by atoms with Crippen LogP contribution in [-0.2, 0) is 11.3 Å². The first-order valence-electron chi connectivity index (χ1n) is 9.31. The average Bonchev–Trinajstić information content (AvgIpc) is 2.61. The van der Waals surface area contributed by atoms with Crippen molar-refractivity contribution in [3.05, 3.63) is 35.9 Å². The Morgan fingerprint density at radius 2 is 1.76 bits per heavy atom. The van der Waals surface area contributed by atoms with Crippen LogP contribution in [0.5, 0.6) is 0 Å². The van der Waals surface area contributed by atoms with E-state index in [1.54, 1.807) is 11.9 Å². The maximum Gasteiger partial charge on any atom is 0.318 e. The van der Waals surface area contributed by atoms with Crippen LogP contribution in [-0.4, -0.2) is 47.9 Å². The van der Waals surface area contributed by atoms with E-state index in [2.05, 4.69) is 19.2 Å². The number of urea groups is 1. The molecule has 5 nitrogen and oxygen atoms in total. The summed E-state index contributed by atoms with van der Waals surface area (Å²) in [6.07, 6.45) is 3.92. The molecule has 0 spiro atoms. The van der Waals surface area contributed by atoms with Crippen molar-refractivity contribution in [2.45, 2.75) is 52.1 Å². The Bertz CT molecular complexity index is 553. The number of rotatable bonds is 6. The van der Waals surface area contributed by atoms with Crippen LogP contribution in [0, 0.1) is 5.92 Å². The number of likely N-dealkylation sites (N-methyl/N-ethyl adjacent to an activating group) is 1. The molecule has 25 heavy (non-hydrogen) atoms. The quantitative estimate of drug-likeness (QED) is 0.860. The van der Waals surface area contributed by atoms with Crippen molar-refractivity contribution in [3.8, 4) is 0 Å². The van der Waals surface area contributed by atoms with Crippen LogP contribution in [0.15, 0.2) is 30.3 Å². The lowest BCUT2D eigenvalue weighted by molar-refractivity contribution is -0.132. The molecule has 1 fully saturated rings. The first kappa shape index (κ1) is 19.3. The van der Waals surface area contributed by atoms with Gasteiger partial charge >= 0.3 is 6.03 Å². The Hall–Kier alpha value is -2.04. The summed E-state index contributed by atoms with van der Waals surface area (Å²) in [4.78, 5) is 29.0. The van der Waals surface area contributed by atoms with Gasteiger partial charge in [-0.05, 0) is 37.2 Å². The molecule has 0 unspecified atom stereocenters. The van der Waals surface area contributed by atoms with Gasteiger partial charge in [0.2, 0.25) is 5.91 Å². The summed E-state index contributed by atoms with van der Waals surface area (Å²) in [6, 6.07) is 9.34. The molecule has 5 heteroatoms. The van der Waals surface area contributed by atoms with Gasteiger partial charge in [-0.15, -0.1) is 0 Å². The van der Waals surface area contributed by atoms with Gasteiger partial charge in [0.05, 0.1) is 0 Å². The molecule has 3 amide bonds. The van der Waals surface area contributed by atoms with Gasteiger partial charge in [0.15, 0.2) is 0 Å². The number of piperidine rings is 1. The van der Waals surface area contributed by atoms with Gasteiger partial charge in [0.25, 0.3) is 0 Å². The molecule has 1 heterocycles. The van der Waals surface area contributed by atoms with Gasteiger partial charge in [0, 0.05) is 26.7 Å². The highest BCUT2D eigenvalue weighted by molar-refractivity contribution is 5.87. The number of carbonyl (C=O) groups is 2. The first-order chi connectivity index (χ1) is 12.0. The van der Waals surface area contributed by atoms with Crippen molar-refractivity contribution >= 4 is 11.9 Å². The molecule has 1 atom stereocenters. The molecule has 2 rings (SSSR count). The second-order valence-corrected chi connectivity index (χ2v) is 7.36. The minimum absolute atomic E-state index is 0.0251. The molecular formula is C20H31N3O2. The summed E-state index contributed by atoms with van der Waals surface area (Å²) in [5.74, 6) is 0.309. The van der Waals surface area contributed by atoms with Crippen LogP contribution in [0.2, 0.25) is 0 Å². The van der Waals surface area contributed by atoms with Crippen LogP contribution in [0.3, 0.4) is 0 Å². The Morgan fingerprint density at radius 3 is 2.36 bits per heavy atom. The monoisotopic (exact) mass is 345 g/mol. The lowest BCUT2D eigenvalue weighted by Gasteiger charge is -2.31. The Labute approximate surface area is 151 Å². The summed E-state index contributed by atoms with van der Waals surface area (Å²) in [6.45, 7) is 6.27. The Morgan fingerprint density at radius 1 is 1.12 bits per heavy atom. The summed E-state index contributed by atoms with van der Waals surface area (Å²) in [7, 11) is 1.80. The molecule has 1 saturated heterocycles. The van der Waals surface area contributed by atoms with Gasteiger partial charge < -0.3 is 15.1 Å². The van der Waals surface area contributed by atoms with Crippen LogP contribution >= 0.6 is 0 Å². The predicted molar refractivity (Wildman–Crippen MR) is 100 cm³/mol. The smallest absolute Gasteiger partial charge is 0.318 e. The zero-order valence-electron chi connectivity index (χ0n) is 15.7. The SMILES string of the molecule is CC(C)C[C@@H](NC(=O)N1CCCCC1)C(=O)N(C)Cc1ccccc1. The van der Waals surface area contributed by atoms with E-state index in [1.807, 2.05) is 35.2 Å². The van der Waals surface area contributed by atoms with Crippen molar-refractivity contribution < 1.29 is 9.59 Å². The molecule has 1 aliphatic heterocycles. The lowest BCUT2D eigenvalue weighted by Crippen LogP contribution is -2.52. The van der Waals surface area contributed by atoms with Crippen molar-refractivity contribution in [1.82, 2.24) is 15.1 Å². The molecule has 0 aliphatic carbocycles. The second-order valence-electron chi connectivity index (χ2n) is 7.36. The molecule has 1 aromatic rings. The number of benzene rings is 1. The zero-order valence-corrected chi connectivity index (χ0v) is 15.7. The highest BCUT2D eigenvalue weighted by Gasteiger charge is 2.27. The molecule has 1 aromatic carbocycles. The van der Waals surface area contributed by atoms with Gasteiger partial charge in [0.1, 0.15) is 6.04 Å². The number of nitrogens with one attached hydrogen (secondary N) is 1. The van der Waals surface area contributed by atoms with E-state index in [1.165, 1.54) is 6.42 Å². The average molecular weight is 345 g/mol. The normalized spacial score (nSPS) is 15.8. The van der Waals surface area contributed by atoms with Crippen LogP contribution in [0.4, 0.5) is 4.79 Å². The Balaban J connectivity index is 1.99. The molecule has 0 saturated carbocycles. The molecule has 0 radical (unpaired) electrons. The fourth-order valence-corrected chi connectivity index (χ4v) is 3.23.